The summed E-state index contributed by atoms with van der Waals surface area (Å²) in [6.07, 6.45) is 3.61. The second-order valence-electron chi connectivity index (χ2n) is 4.34. The third kappa shape index (κ3) is 3.83. The Kier molecular flexibility index (Phi) is 3.91. The van der Waals surface area contributed by atoms with E-state index in [0.717, 1.165) is 18.7 Å². The maximum Gasteiger partial charge on any atom is 0.322 e. The number of carboxylic acids is 1. The number of carboxylic acid groups (broad SMARTS) is 1. The van der Waals surface area contributed by atoms with E-state index in [4.69, 9.17) is 9.63 Å². The van der Waals surface area contributed by atoms with Crippen LogP contribution in [0.1, 0.15) is 43.3 Å². The van der Waals surface area contributed by atoms with Crippen molar-refractivity contribution >= 4 is 11.9 Å². The minimum absolute atomic E-state index is 0.258. The lowest BCUT2D eigenvalue weighted by atomic mass is 10.2. The van der Waals surface area contributed by atoms with Crippen molar-refractivity contribution in [2.75, 3.05) is 6.54 Å². The molecule has 0 radical (unpaired) electrons. The number of rotatable bonds is 7. The fourth-order valence-electron chi connectivity index (χ4n) is 1.54. The Morgan fingerprint density at radius 2 is 2.22 bits per heavy atom. The first kappa shape index (κ1) is 12.5. The zero-order chi connectivity index (χ0) is 13.0. The zero-order valence-corrected chi connectivity index (χ0v) is 9.89. The number of nitrogens with zero attached hydrogens (tertiary/aromatic N) is 2. The van der Waals surface area contributed by atoms with Crippen molar-refractivity contribution in [1.82, 2.24) is 15.5 Å². The van der Waals surface area contributed by atoms with E-state index in [1.54, 1.807) is 0 Å². The average molecular weight is 253 g/mol. The molecule has 0 aromatic carbocycles. The zero-order valence-electron chi connectivity index (χ0n) is 9.89. The van der Waals surface area contributed by atoms with Gasteiger partial charge >= 0.3 is 5.97 Å². The predicted octanol–water partition coefficient (Wildman–Crippen LogP) is 0.470. The van der Waals surface area contributed by atoms with E-state index in [2.05, 4.69) is 15.5 Å². The first-order valence-corrected chi connectivity index (χ1v) is 5.96. The molecule has 7 nitrogen and oxygen atoms in total. The molecule has 1 heterocycles. The van der Waals surface area contributed by atoms with E-state index >= 15 is 0 Å². The molecule has 1 aromatic rings. The van der Waals surface area contributed by atoms with Crippen LogP contribution < -0.4 is 5.32 Å². The van der Waals surface area contributed by atoms with Crippen molar-refractivity contribution in [1.29, 1.82) is 0 Å². The quantitative estimate of drug-likeness (QED) is 0.731. The molecule has 0 saturated heterocycles. The molecule has 1 fully saturated rings. The van der Waals surface area contributed by atoms with E-state index < -0.39 is 5.97 Å². The predicted molar refractivity (Wildman–Crippen MR) is 59.9 cm³/mol. The van der Waals surface area contributed by atoms with Gasteiger partial charge in [0.1, 0.15) is 6.54 Å². The monoisotopic (exact) mass is 253 g/mol. The van der Waals surface area contributed by atoms with Crippen molar-refractivity contribution in [3.8, 4) is 0 Å². The first-order valence-electron chi connectivity index (χ1n) is 5.96. The molecule has 0 unspecified atom stereocenters. The number of hydrogen-bond donors (Lipinski definition) is 2. The van der Waals surface area contributed by atoms with Gasteiger partial charge in [-0.2, -0.15) is 4.98 Å². The van der Waals surface area contributed by atoms with Gasteiger partial charge in [0.2, 0.25) is 11.8 Å². The summed E-state index contributed by atoms with van der Waals surface area (Å²) in [5.41, 5.74) is 0. The summed E-state index contributed by atoms with van der Waals surface area (Å²) in [4.78, 5) is 25.7. The van der Waals surface area contributed by atoms with E-state index in [-0.39, 0.29) is 18.9 Å². The number of aryl methyl sites for hydroxylation is 1. The van der Waals surface area contributed by atoms with Crippen LogP contribution in [0.2, 0.25) is 0 Å². The highest BCUT2D eigenvalue weighted by Crippen LogP contribution is 2.38. The third-order valence-corrected chi connectivity index (χ3v) is 2.66. The minimum atomic E-state index is -1.05. The van der Waals surface area contributed by atoms with Crippen LogP contribution in [0.25, 0.3) is 0 Å². The molecule has 1 aromatic heterocycles. The molecular formula is C11H15N3O4. The highest BCUT2D eigenvalue weighted by molar-refractivity contribution is 5.80. The summed E-state index contributed by atoms with van der Waals surface area (Å²) in [5.74, 6) is 0.443. The number of hydrogen-bond acceptors (Lipinski definition) is 5. The molecular weight excluding hydrogens is 238 g/mol. The number of aliphatic carboxylic acids is 1. The molecule has 2 N–H and O–H groups in total. The molecule has 0 atom stereocenters. The van der Waals surface area contributed by atoms with Gasteiger partial charge in [-0.05, 0) is 19.3 Å². The Hall–Kier alpha value is -1.92. The maximum absolute atomic E-state index is 11.2. The first-order chi connectivity index (χ1) is 8.65. The van der Waals surface area contributed by atoms with Gasteiger partial charge in [0.15, 0.2) is 5.82 Å². The van der Waals surface area contributed by atoms with Gasteiger partial charge in [-0.15, -0.1) is 0 Å². The topological polar surface area (TPSA) is 105 Å². The molecule has 0 spiro atoms. The third-order valence-electron chi connectivity index (χ3n) is 2.66. The summed E-state index contributed by atoms with van der Waals surface area (Å²) in [6.45, 7) is -0.342. The number of carbonyl (C=O) groups is 2. The van der Waals surface area contributed by atoms with Crippen LogP contribution in [0.4, 0.5) is 0 Å². The summed E-state index contributed by atoms with van der Waals surface area (Å²) < 4.78 is 5.06. The summed E-state index contributed by atoms with van der Waals surface area (Å²) >= 11 is 0. The average Bonchev–Trinajstić information content (AvgIpc) is 3.07. The van der Waals surface area contributed by atoms with Crippen LogP contribution in [0.5, 0.6) is 0 Å². The molecule has 1 amide bonds. The Labute approximate surface area is 104 Å². The van der Waals surface area contributed by atoms with E-state index in [0.29, 0.717) is 24.7 Å². The fourth-order valence-corrected chi connectivity index (χ4v) is 1.54. The van der Waals surface area contributed by atoms with Gasteiger partial charge in [0, 0.05) is 18.8 Å². The second kappa shape index (κ2) is 5.61. The molecule has 7 heteroatoms. The van der Waals surface area contributed by atoms with E-state index in [1.807, 2.05) is 0 Å². The number of aromatic nitrogens is 2. The molecule has 1 aliphatic carbocycles. The molecule has 2 rings (SSSR count). The molecule has 98 valence electrons. The Morgan fingerprint density at radius 1 is 1.44 bits per heavy atom. The van der Waals surface area contributed by atoms with E-state index in [9.17, 15) is 9.59 Å². The van der Waals surface area contributed by atoms with Crippen molar-refractivity contribution in [3.63, 3.8) is 0 Å². The van der Waals surface area contributed by atoms with Crippen LogP contribution in [0.15, 0.2) is 4.52 Å². The summed E-state index contributed by atoms with van der Waals surface area (Å²) in [5, 5.41) is 14.5. The molecule has 1 aliphatic rings. The van der Waals surface area contributed by atoms with E-state index in [1.165, 1.54) is 0 Å². The number of nitrogens with one attached hydrogen (secondary N) is 1. The highest BCUT2D eigenvalue weighted by atomic mass is 16.5. The van der Waals surface area contributed by atoms with Gasteiger partial charge in [-0.1, -0.05) is 5.16 Å². The summed E-state index contributed by atoms with van der Waals surface area (Å²) in [7, 11) is 0. The van der Waals surface area contributed by atoms with Gasteiger partial charge < -0.3 is 14.9 Å². The SMILES string of the molecule is O=C(O)CNC(=O)CCCc1nc(C2CC2)no1. The van der Waals surface area contributed by atoms with Crippen LogP contribution in [0, 0.1) is 0 Å². The van der Waals surface area contributed by atoms with Gasteiger partial charge in [0.05, 0.1) is 0 Å². The van der Waals surface area contributed by atoms with Crippen molar-refractivity contribution in [2.45, 2.75) is 38.0 Å². The minimum Gasteiger partial charge on any atom is -0.480 e. The standard InChI is InChI=1S/C11H15N3O4/c15-8(12-6-10(16)17)2-1-3-9-13-11(14-18-9)7-4-5-7/h7H,1-6H2,(H,12,15)(H,16,17). The van der Waals surface area contributed by atoms with Crippen LogP contribution in [0.3, 0.4) is 0 Å². The number of carbonyl (C=O) groups excluding carboxylic acids is 1. The second-order valence-corrected chi connectivity index (χ2v) is 4.34. The largest absolute Gasteiger partial charge is 0.480 e. The van der Waals surface area contributed by atoms with Gasteiger partial charge in [-0.25, -0.2) is 0 Å². The normalized spacial score (nSPS) is 14.4. The van der Waals surface area contributed by atoms with Crippen LogP contribution >= 0.6 is 0 Å². The van der Waals surface area contributed by atoms with Gasteiger partial charge in [0.25, 0.3) is 0 Å². The fraction of sp³-hybridized carbons (Fsp3) is 0.636. The Balaban J connectivity index is 1.64. The van der Waals surface area contributed by atoms with Crippen LogP contribution in [-0.2, 0) is 16.0 Å². The maximum atomic E-state index is 11.2. The lowest BCUT2D eigenvalue weighted by Crippen LogP contribution is -2.28. The summed E-state index contributed by atoms with van der Waals surface area (Å²) in [6, 6.07) is 0. The lowest BCUT2D eigenvalue weighted by molar-refractivity contribution is -0.137. The molecule has 1 saturated carbocycles. The molecule has 0 aliphatic heterocycles. The lowest BCUT2D eigenvalue weighted by Gasteiger charge is -2.00. The number of amides is 1. The van der Waals surface area contributed by atoms with Crippen molar-refractivity contribution in [2.24, 2.45) is 0 Å². The Morgan fingerprint density at radius 3 is 2.89 bits per heavy atom. The van der Waals surface area contributed by atoms with Crippen molar-refractivity contribution < 1.29 is 19.2 Å². The smallest absolute Gasteiger partial charge is 0.322 e. The molecule has 18 heavy (non-hydrogen) atoms. The Bertz CT molecular complexity index is 439. The van der Waals surface area contributed by atoms with Crippen LogP contribution in [-0.4, -0.2) is 33.7 Å². The van der Waals surface area contributed by atoms with Crippen molar-refractivity contribution in [3.05, 3.63) is 11.7 Å². The molecule has 0 bridgehead atoms. The highest BCUT2D eigenvalue weighted by Gasteiger charge is 2.28. The van der Waals surface area contributed by atoms with Gasteiger partial charge in [-0.3, -0.25) is 9.59 Å².